The molecule has 2 heterocycles. The molecule has 0 atom stereocenters. The Balaban J connectivity index is 2.08. The van der Waals surface area contributed by atoms with Gasteiger partial charge in [-0.3, -0.25) is 4.79 Å². The quantitative estimate of drug-likeness (QED) is 0.597. The van der Waals surface area contributed by atoms with E-state index < -0.39 is 0 Å². The van der Waals surface area contributed by atoms with E-state index in [0.717, 1.165) is 31.4 Å². The van der Waals surface area contributed by atoms with E-state index in [1.807, 2.05) is 0 Å². The molecule has 0 aliphatic carbocycles. The Kier molecular flexibility index (Phi) is 3.56. The van der Waals surface area contributed by atoms with Crippen molar-refractivity contribution in [1.29, 1.82) is 0 Å². The molecule has 0 unspecified atom stereocenters. The van der Waals surface area contributed by atoms with E-state index in [9.17, 15) is 4.79 Å². The minimum absolute atomic E-state index is 0.00765. The Morgan fingerprint density at radius 2 is 2.33 bits per heavy atom. The van der Waals surface area contributed by atoms with Crippen molar-refractivity contribution >= 4 is 33.9 Å². The molecule has 0 amide bonds. The van der Waals surface area contributed by atoms with Crippen molar-refractivity contribution < 1.29 is 9.53 Å². The minimum atomic E-state index is -0.118. The van der Waals surface area contributed by atoms with Crippen LogP contribution in [0.4, 0.5) is 5.13 Å². The number of ether oxygens (including phenoxy) is 1. The largest absolute Gasteiger partial charge is 0.378 e. The van der Waals surface area contributed by atoms with Gasteiger partial charge in [-0.2, -0.15) is 0 Å². The number of nitrogens with zero attached hydrogens (tertiary/aromatic N) is 2. The number of halogens is 1. The first kappa shape index (κ1) is 10.9. The number of aromatic nitrogens is 1. The molecule has 1 aliphatic rings. The van der Waals surface area contributed by atoms with E-state index in [2.05, 4.69) is 9.88 Å². The number of carbonyl (C=O) groups is 1. The number of anilines is 1. The third-order valence-corrected chi connectivity index (χ3v) is 3.32. The molecule has 0 bridgehead atoms. The van der Waals surface area contributed by atoms with Gasteiger partial charge in [-0.1, -0.05) is 0 Å². The average Bonchev–Trinajstić information content (AvgIpc) is 2.78. The van der Waals surface area contributed by atoms with E-state index >= 15 is 0 Å². The van der Waals surface area contributed by atoms with Gasteiger partial charge in [-0.25, -0.2) is 4.98 Å². The SMILES string of the molecule is O=C(CCl)c1csc(N2CCOCC2)n1. The monoisotopic (exact) mass is 246 g/mol. The first-order valence-corrected chi connectivity index (χ1v) is 6.10. The number of ketones is 1. The van der Waals surface area contributed by atoms with Crippen LogP contribution in [-0.2, 0) is 4.74 Å². The molecule has 6 heteroatoms. The second-order valence-electron chi connectivity index (χ2n) is 3.17. The summed E-state index contributed by atoms with van der Waals surface area (Å²) in [4.78, 5) is 17.7. The predicted octanol–water partition coefficient (Wildman–Crippen LogP) is 1.40. The van der Waals surface area contributed by atoms with Gasteiger partial charge in [0.25, 0.3) is 0 Å². The summed E-state index contributed by atoms with van der Waals surface area (Å²) in [5.74, 6) is -0.126. The number of rotatable bonds is 3. The first-order valence-electron chi connectivity index (χ1n) is 4.68. The summed E-state index contributed by atoms with van der Waals surface area (Å²) >= 11 is 6.94. The van der Waals surface area contributed by atoms with E-state index in [1.165, 1.54) is 11.3 Å². The van der Waals surface area contributed by atoms with Gasteiger partial charge >= 0.3 is 0 Å². The number of alkyl halides is 1. The molecule has 1 fully saturated rings. The maximum atomic E-state index is 11.3. The van der Waals surface area contributed by atoms with Crippen LogP contribution in [0.5, 0.6) is 0 Å². The highest BCUT2D eigenvalue weighted by Crippen LogP contribution is 2.21. The van der Waals surface area contributed by atoms with Crippen LogP contribution >= 0.6 is 22.9 Å². The number of carbonyl (C=O) groups excluding carboxylic acids is 1. The first-order chi connectivity index (χ1) is 7.31. The van der Waals surface area contributed by atoms with Crippen molar-refractivity contribution in [3.05, 3.63) is 11.1 Å². The van der Waals surface area contributed by atoms with Crippen LogP contribution in [-0.4, -0.2) is 43.0 Å². The Morgan fingerprint density at radius 3 is 3.00 bits per heavy atom. The Hall–Kier alpha value is -0.650. The lowest BCUT2D eigenvalue weighted by Crippen LogP contribution is -2.36. The second kappa shape index (κ2) is 4.92. The van der Waals surface area contributed by atoms with E-state index in [-0.39, 0.29) is 11.7 Å². The summed E-state index contributed by atoms with van der Waals surface area (Å²) in [5, 5.41) is 2.64. The second-order valence-corrected chi connectivity index (χ2v) is 4.28. The number of thiazole rings is 1. The number of Topliss-reactive ketones (excluding diaryl/α,β-unsaturated/α-hetero) is 1. The van der Waals surface area contributed by atoms with Gasteiger partial charge in [-0.15, -0.1) is 22.9 Å². The molecule has 0 radical (unpaired) electrons. The molecule has 82 valence electrons. The maximum absolute atomic E-state index is 11.3. The summed E-state index contributed by atoms with van der Waals surface area (Å²) in [7, 11) is 0. The number of hydrogen-bond acceptors (Lipinski definition) is 5. The standard InChI is InChI=1S/C9H11ClN2O2S/c10-5-8(13)7-6-15-9(11-7)12-1-3-14-4-2-12/h6H,1-5H2. The van der Waals surface area contributed by atoms with Gasteiger partial charge in [-0.05, 0) is 0 Å². The lowest BCUT2D eigenvalue weighted by molar-refractivity contribution is 0.101. The molecular formula is C9H11ClN2O2S. The zero-order valence-corrected chi connectivity index (χ0v) is 9.68. The summed E-state index contributed by atoms with van der Waals surface area (Å²) in [6.45, 7) is 3.11. The Morgan fingerprint density at radius 1 is 1.60 bits per heavy atom. The highest BCUT2D eigenvalue weighted by Gasteiger charge is 2.16. The Bertz CT molecular complexity index is 350. The third kappa shape index (κ3) is 2.48. The maximum Gasteiger partial charge on any atom is 0.196 e. The van der Waals surface area contributed by atoms with E-state index in [4.69, 9.17) is 16.3 Å². The van der Waals surface area contributed by atoms with Crippen molar-refractivity contribution in [2.75, 3.05) is 37.1 Å². The van der Waals surface area contributed by atoms with Crippen molar-refractivity contribution in [3.63, 3.8) is 0 Å². The third-order valence-electron chi connectivity index (χ3n) is 2.18. The molecule has 2 rings (SSSR count). The van der Waals surface area contributed by atoms with Crippen LogP contribution in [0.15, 0.2) is 5.38 Å². The zero-order chi connectivity index (χ0) is 10.7. The van der Waals surface area contributed by atoms with Crippen LogP contribution < -0.4 is 4.90 Å². The smallest absolute Gasteiger partial charge is 0.196 e. The average molecular weight is 247 g/mol. The summed E-state index contributed by atoms with van der Waals surface area (Å²) in [6.07, 6.45) is 0. The fourth-order valence-corrected chi connectivity index (χ4v) is 2.38. The molecule has 0 spiro atoms. The molecule has 1 aromatic heterocycles. The van der Waals surface area contributed by atoms with E-state index in [1.54, 1.807) is 5.38 Å². The van der Waals surface area contributed by atoms with Crippen LogP contribution in [0.25, 0.3) is 0 Å². The Labute approximate surface area is 96.8 Å². The van der Waals surface area contributed by atoms with Gasteiger partial charge in [0.15, 0.2) is 10.9 Å². The molecule has 1 aliphatic heterocycles. The summed E-state index contributed by atoms with van der Waals surface area (Å²) in [5.41, 5.74) is 0.469. The predicted molar refractivity (Wildman–Crippen MR) is 60.2 cm³/mol. The highest BCUT2D eigenvalue weighted by molar-refractivity contribution is 7.14. The van der Waals surface area contributed by atoms with E-state index in [0.29, 0.717) is 5.69 Å². The van der Waals surface area contributed by atoms with Crippen molar-refractivity contribution in [2.24, 2.45) is 0 Å². The number of hydrogen-bond donors (Lipinski definition) is 0. The molecule has 4 nitrogen and oxygen atoms in total. The van der Waals surface area contributed by atoms with Gasteiger partial charge in [0.2, 0.25) is 0 Å². The molecule has 1 saturated heterocycles. The molecule has 15 heavy (non-hydrogen) atoms. The lowest BCUT2D eigenvalue weighted by atomic mass is 10.3. The molecule has 0 saturated carbocycles. The van der Waals surface area contributed by atoms with Crippen LogP contribution in [0, 0.1) is 0 Å². The van der Waals surface area contributed by atoms with Crippen LogP contribution in [0.1, 0.15) is 10.5 Å². The van der Waals surface area contributed by atoms with Crippen molar-refractivity contribution in [2.45, 2.75) is 0 Å². The molecule has 0 N–H and O–H groups in total. The van der Waals surface area contributed by atoms with Crippen LogP contribution in [0.2, 0.25) is 0 Å². The van der Waals surface area contributed by atoms with Gasteiger partial charge in [0.05, 0.1) is 19.1 Å². The fourth-order valence-electron chi connectivity index (χ4n) is 1.36. The topological polar surface area (TPSA) is 42.4 Å². The molecule has 1 aromatic rings. The van der Waals surface area contributed by atoms with Crippen LogP contribution in [0.3, 0.4) is 0 Å². The summed E-state index contributed by atoms with van der Waals surface area (Å²) in [6, 6.07) is 0. The molecule has 0 aromatic carbocycles. The fraction of sp³-hybridized carbons (Fsp3) is 0.556. The summed E-state index contributed by atoms with van der Waals surface area (Å²) < 4.78 is 5.24. The van der Waals surface area contributed by atoms with Crippen molar-refractivity contribution in [1.82, 2.24) is 4.98 Å². The number of morpholine rings is 1. The van der Waals surface area contributed by atoms with Gasteiger partial charge in [0.1, 0.15) is 5.69 Å². The van der Waals surface area contributed by atoms with Crippen molar-refractivity contribution in [3.8, 4) is 0 Å². The zero-order valence-electron chi connectivity index (χ0n) is 8.11. The van der Waals surface area contributed by atoms with Gasteiger partial charge in [0, 0.05) is 18.5 Å². The normalized spacial score (nSPS) is 16.7. The lowest BCUT2D eigenvalue weighted by Gasteiger charge is -2.25. The highest BCUT2D eigenvalue weighted by atomic mass is 35.5. The molecular weight excluding hydrogens is 236 g/mol. The van der Waals surface area contributed by atoms with Gasteiger partial charge < -0.3 is 9.64 Å². The minimum Gasteiger partial charge on any atom is -0.378 e.